The molecule has 1 N–H and O–H groups in total. The Morgan fingerprint density at radius 1 is 1.35 bits per heavy atom. The van der Waals surface area contributed by atoms with Gasteiger partial charge in [-0.3, -0.25) is 4.79 Å². The summed E-state index contributed by atoms with van der Waals surface area (Å²) in [6, 6.07) is 1.90. The van der Waals surface area contributed by atoms with E-state index in [9.17, 15) is 4.79 Å². The minimum Gasteiger partial charge on any atom is -0.355 e. The first-order valence-electron chi connectivity index (χ1n) is 5.90. The van der Waals surface area contributed by atoms with Crippen molar-refractivity contribution in [3.63, 3.8) is 0 Å². The van der Waals surface area contributed by atoms with Crippen LogP contribution in [0.1, 0.15) is 25.4 Å². The predicted octanol–water partition coefficient (Wildman–Crippen LogP) is 1.06. The molecule has 0 aliphatic carbocycles. The largest absolute Gasteiger partial charge is 0.355 e. The van der Waals surface area contributed by atoms with E-state index in [1.54, 1.807) is 0 Å². The van der Waals surface area contributed by atoms with Gasteiger partial charge in [-0.1, -0.05) is 0 Å². The second-order valence-corrected chi connectivity index (χ2v) is 3.88. The number of anilines is 1. The molecule has 0 spiro atoms. The number of hydrogen-bond donors (Lipinski definition) is 1. The fourth-order valence-electron chi connectivity index (χ4n) is 1.64. The van der Waals surface area contributed by atoms with Gasteiger partial charge in [0.2, 0.25) is 5.91 Å². The fraction of sp³-hybridized carbons (Fsp3) is 0.583. The van der Waals surface area contributed by atoms with Crippen molar-refractivity contribution in [3.05, 3.63) is 17.6 Å². The van der Waals surface area contributed by atoms with Gasteiger partial charge in [0.1, 0.15) is 11.6 Å². The Balaban J connectivity index is 2.82. The van der Waals surface area contributed by atoms with E-state index in [-0.39, 0.29) is 5.91 Å². The van der Waals surface area contributed by atoms with Crippen LogP contribution in [0.15, 0.2) is 6.07 Å². The van der Waals surface area contributed by atoms with Crippen molar-refractivity contribution in [2.45, 2.75) is 27.7 Å². The van der Waals surface area contributed by atoms with Crippen molar-refractivity contribution < 1.29 is 4.79 Å². The molecule has 1 rings (SSSR count). The van der Waals surface area contributed by atoms with Gasteiger partial charge in [0.15, 0.2) is 0 Å². The quantitative estimate of drug-likeness (QED) is 0.830. The highest BCUT2D eigenvalue weighted by atomic mass is 16.2. The molecular formula is C12H20N4O. The number of carbonyl (C=O) groups is 1. The second kappa shape index (κ2) is 6.18. The van der Waals surface area contributed by atoms with Crippen molar-refractivity contribution in [1.29, 1.82) is 0 Å². The van der Waals surface area contributed by atoms with Crippen LogP contribution in [0, 0.1) is 13.8 Å². The predicted molar refractivity (Wildman–Crippen MR) is 68.1 cm³/mol. The topological polar surface area (TPSA) is 58.1 Å². The summed E-state index contributed by atoms with van der Waals surface area (Å²) in [7, 11) is 0. The molecular weight excluding hydrogens is 216 g/mol. The molecule has 5 heteroatoms. The lowest BCUT2D eigenvalue weighted by Gasteiger charge is -2.21. The molecule has 1 aromatic rings. The van der Waals surface area contributed by atoms with Crippen LogP contribution in [0.4, 0.5) is 5.82 Å². The van der Waals surface area contributed by atoms with Gasteiger partial charge in [0, 0.05) is 24.8 Å². The number of carbonyl (C=O) groups excluding carboxylic acids is 1. The van der Waals surface area contributed by atoms with Gasteiger partial charge >= 0.3 is 0 Å². The first-order valence-corrected chi connectivity index (χ1v) is 5.90. The van der Waals surface area contributed by atoms with Crippen LogP contribution >= 0.6 is 0 Å². The van der Waals surface area contributed by atoms with Gasteiger partial charge in [-0.05, 0) is 27.7 Å². The molecule has 5 nitrogen and oxygen atoms in total. The van der Waals surface area contributed by atoms with Gasteiger partial charge in [-0.25, -0.2) is 9.97 Å². The monoisotopic (exact) mass is 236 g/mol. The number of hydrogen-bond acceptors (Lipinski definition) is 4. The number of nitrogens with one attached hydrogen (secondary N) is 1. The zero-order valence-corrected chi connectivity index (χ0v) is 10.9. The van der Waals surface area contributed by atoms with E-state index >= 15 is 0 Å². The maximum atomic E-state index is 11.6. The maximum Gasteiger partial charge on any atom is 0.239 e. The summed E-state index contributed by atoms with van der Waals surface area (Å²) in [5.74, 6) is 1.56. The van der Waals surface area contributed by atoms with E-state index < -0.39 is 0 Å². The Morgan fingerprint density at radius 3 is 2.59 bits per heavy atom. The molecule has 0 unspecified atom stereocenters. The minimum atomic E-state index is 0.0169. The molecule has 0 saturated carbocycles. The molecule has 0 bridgehead atoms. The van der Waals surface area contributed by atoms with Crippen LogP contribution in [0.2, 0.25) is 0 Å². The van der Waals surface area contributed by atoms with Crippen LogP contribution < -0.4 is 10.2 Å². The Morgan fingerprint density at radius 2 is 2.06 bits per heavy atom. The van der Waals surface area contributed by atoms with Crippen molar-refractivity contribution in [2.75, 3.05) is 24.5 Å². The highest BCUT2D eigenvalue weighted by Crippen LogP contribution is 2.11. The van der Waals surface area contributed by atoms with Crippen molar-refractivity contribution >= 4 is 11.7 Å². The van der Waals surface area contributed by atoms with Gasteiger partial charge in [0.25, 0.3) is 0 Å². The zero-order chi connectivity index (χ0) is 12.8. The summed E-state index contributed by atoms with van der Waals surface area (Å²) in [6.45, 7) is 9.43. The average molecular weight is 236 g/mol. The SMILES string of the molecule is CCNC(=O)CN(CC)c1cc(C)nc(C)n1. The first-order chi connectivity index (χ1) is 8.06. The highest BCUT2D eigenvalue weighted by Gasteiger charge is 2.11. The number of rotatable bonds is 5. The third-order valence-corrected chi connectivity index (χ3v) is 2.37. The van der Waals surface area contributed by atoms with E-state index in [0.717, 1.165) is 23.9 Å². The maximum absolute atomic E-state index is 11.6. The Bertz CT molecular complexity index is 372. The molecule has 1 amide bonds. The van der Waals surface area contributed by atoms with Crippen LogP contribution in [-0.4, -0.2) is 35.5 Å². The molecule has 17 heavy (non-hydrogen) atoms. The molecule has 0 saturated heterocycles. The summed E-state index contributed by atoms with van der Waals surface area (Å²) >= 11 is 0. The van der Waals surface area contributed by atoms with Gasteiger partial charge in [-0.15, -0.1) is 0 Å². The molecule has 1 heterocycles. The molecule has 0 aliphatic heterocycles. The number of aryl methyl sites for hydroxylation is 2. The van der Waals surface area contributed by atoms with Crippen LogP contribution in [-0.2, 0) is 4.79 Å². The van der Waals surface area contributed by atoms with Gasteiger partial charge < -0.3 is 10.2 Å². The van der Waals surface area contributed by atoms with Gasteiger partial charge in [0.05, 0.1) is 6.54 Å². The lowest BCUT2D eigenvalue weighted by atomic mass is 10.3. The molecule has 0 atom stereocenters. The number of amides is 1. The molecule has 1 aromatic heterocycles. The number of nitrogens with zero attached hydrogens (tertiary/aromatic N) is 3. The smallest absolute Gasteiger partial charge is 0.239 e. The first kappa shape index (κ1) is 13.4. The van der Waals surface area contributed by atoms with Crippen molar-refractivity contribution in [1.82, 2.24) is 15.3 Å². The van der Waals surface area contributed by atoms with E-state index in [2.05, 4.69) is 15.3 Å². The van der Waals surface area contributed by atoms with E-state index in [0.29, 0.717) is 13.1 Å². The summed E-state index contributed by atoms with van der Waals surface area (Å²) in [4.78, 5) is 22.1. The fourth-order valence-corrected chi connectivity index (χ4v) is 1.64. The molecule has 0 aliphatic rings. The summed E-state index contributed by atoms with van der Waals surface area (Å²) in [6.07, 6.45) is 0. The van der Waals surface area contributed by atoms with Gasteiger partial charge in [-0.2, -0.15) is 0 Å². The third-order valence-electron chi connectivity index (χ3n) is 2.37. The van der Waals surface area contributed by atoms with Crippen LogP contribution in [0.5, 0.6) is 0 Å². The Labute approximate surface area is 102 Å². The van der Waals surface area contributed by atoms with E-state index in [1.165, 1.54) is 0 Å². The molecule has 0 aromatic carbocycles. The standard InChI is InChI=1S/C12H20N4O/c1-5-13-12(17)8-16(6-2)11-7-9(3)14-10(4)15-11/h7H,5-6,8H2,1-4H3,(H,13,17). The van der Waals surface area contributed by atoms with E-state index in [4.69, 9.17) is 0 Å². The second-order valence-electron chi connectivity index (χ2n) is 3.88. The highest BCUT2D eigenvalue weighted by molar-refractivity contribution is 5.80. The lowest BCUT2D eigenvalue weighted by molar-refractivity contribution is -0.119. The zero-order valence-electron chi connectivity index (χ0n) is 10.9. The Kier molecular flexibility index (Phi) is 4.87. The van der Waals surface area contributed by atoms with Crippen molar-refractivity contribution in [2.24, 2.45) is 0 Å². The van der Waals surface area contributed by atoms with Crippen molar-refractivity contribution in [3.8, 4) is 0 Å². The molecule has 0 fully saturated rings. The molecule has 94 valence electrons. The summed E-state index contributed by atoms with van der Waals surface area (Å²) in [5, 5.41) is 2.79. The third kappa shape index (κ3) is 4.01. The summed E-state index contributed by atoms with van der Waals surface area (Å²) in [5.41, 5.74) is 0.918. The van der Waals surface area contributed by atoms with Crippen LogP contribution in [0.3, 0.4) is 0 Å². The number of likely N-dealkylation sites (N-methyl/N-ethyl adjacent to an activating group) is 2. The Hall–Kier alpha value is -1.65. The number of aromatic nitrogens is 2. The van der Waals surface area contributed by atoms with Crippen LogP contribution in [0.25, 0.3) is 0 Å². The lowest BCUT2D eigenvalue weighted by Crippen LogP contribution is -2.37. The minimum absolute atomic E-state index is 0.0169. The average Bonchev–Trinajstić information content (AvgIpc) is 2.24. The van der Waals surface area contributed by atoms with E-state index in [1.807, 2.05) is 38.7 Å². The molecule has 0 radical (unpaired) electrons. The normalized spacial score (nSPS) is 10.1. The summed E-state index contributed by atoms with van der Waals surface area (Å²) < 4.78 is 0.